The van der Waals surface area contributed by atoms with Crippen molar-refractivity contribution in [2.24, 2.45) is 0 Å². The zero-order valence-electron chi connectivity index (χ0n) is 12.3. The molecule has 4 rings (SSSR count). The van der Waals surface area contributed by atoms with Crippen LogP contribution in [0, 0.1) is 5.82 Å². The van der Waals surface area contributed by atoms with Crippen molar-refractivity contribution < 1.29 is 4.39 Å². The van der Waals surface area contributed by atoms with Gasteiger partial charge in [-0.2, -0.15) is 0 Å². The van der Waals surface area contributed by atoms with Gasteiger partial charge in [0.25, 0.3) is 0 Å². The standard InChI is InChI=1S/C17H13FN4S/c1-19-17-21-15(11-2-5-13(18)6-3-11)16(23-17)12-4-7-14-20-8-9-22(14)10-12/h2-10H,1H3,(H,19,21). The van der Waals surface area contributed by atoms with Crippen molar-refractivity contribution in [3.63, 3.8) is 0 Å². The van der Waals surface area contributed by atoms with Crippen molar-refractivity contribution in [3.8, 4) is 21.7 Å². The van der Waals surface area contributed by atoms with Crippen LogP contribution in [-0.4, -0.2) is 21.4 Å². The highest BCUT2D eigenvalue weighted by Crippen LogP contribution is 2.38. The Kier molecular flexibility index (Phi) is 3.31. The molecule has 4 aromatic rings. The van der Waals surface area contributed by atoms with Gasteiger partial charge in [-0.15, -0.1) is 0 Å². The summed E-state index contributed by atoms with van der Waals surface area (Å²) in [6, 6.07) is 10.4. The van der Waals surface area contributed by atoms with Gasteiger partial charge in [-0.1, -0.05) is 11.3 Å². The normalized spacial score (nSPS) is 11.0. The largest absolute Gasteiger partial charge is 0.365 e. The third-order valence-corrected chi connectivity index (χ3v) is 4.73. The van der Waals surface area contributed by atoms with Crippen LogP contribution in [0.4, 0.5) is 9.52 Å². The number of fused-ring (bicyclic) bond motifs is 1. The number of pyridine rings is 1. The maximum Gasteiger partial charge on any atom is 0.183 e. The topological polar surface area (TPSA) is 42.2 Å². The predicted molar refractivity (Wildman–Crippen MR) is 91.2 cm³/mol. The number of benzene rings is 1. The zero-order valence-corrected chi connectivity index (χ0v) is 13.1. The Balaban J connectivity index is 1.89. The van der Waals surface area contributed by atoms with E-state index in [0.29, 0.717) is 0 Å². The van der Waals surface area contributed by atoms with E-state index < -0.39 is 0 Å². The first kappa shape index (κ1) is 13.9. The molecule has 6 heteroatoms. The lowest BCUT2D eigenvalue weighted by Gasteiger charge is -2.04. The Hall–Kier alpha value is -2.73. The second-order valence-electron chi connectivity index (χ2n) is 5.06. The summed E-state index contributed by atoms with van der Waals surface area (Å²) < 4.78 is 15.2. The van der Waals surface area contributed by atoms with Gasteiger partial charge in [0.15, 0.2) is 5.13 Å². The lowest BCUT2D eigenvalue weighted by Crippen LogP contribution is -1.88. The maximum absolute atomic E-state index is 13.2. The average molecular weight is 324 g/mol. The van der Waals surface area contributed by atoms with Gasteiger partial charge < -0.3 is 9.72 Å². The van der Waals surface area contributed by atoms with E-state index in [-0.39, 0.29) is 5.82 Å². The van der Waals surface area contributed by atoms with E-state index in [0.717, 1.165) is 32.5 Å². The number of rotatable bonds is 3. The van der Waals surface area contributed by atoms with E-state index in [1.165, 1.54) is 12.1 Å². The minimum Gasteiger partial charge on any atom is -0.365 e. The highest BCUT2D eigenvalue weighted by atomic mass is 32.1. The number of nitrogens with one attached hydrogen (secondary N) is 1. The molecular formula is C17H13FN4S. The molecule has 1 N–H and O–H groups in total. The Morgan fingerprint density at radius 1 is 1.09 bits per heavy atom. The number of nitrogens with zero attached hydrogens (tertiary/aromatic N) is 3. The Labute approximate surface area is 136 Å². The number of thiazole rings is 1. The first-order valence-electron chi connectivity index (χ1n) is 7.12. The van der Waals surface area contributed by atoms with Crippen molar-refractivity contribution in [3.05, 3.63) is 60.8 Å². The number of halogens is 1. The number of anilines is 1. The fourth-order valence-electron chi connectivity index (χ4n) is 2.48. The molecule has 0 saturated heterocycles. The quantitative estimate of drug-likeness (QED) is 0.611. The van der Waals surface area contributed by atoms with E-state index in [4.69, 9.17) is 0 Å². The first-order chi connectivity index (χ1) is 11.2. The van der Waals surface area contributed by atoms with E-state index in [9.17, 15) is 4.39 Å². The molecule has 1 aromatic carbocycles. The van der Waals surface area contributed by atoms with E-state index in [1.54, 1.807) is 29.7 Å². The maximum atomic E-state index is 13.2. The van der Waals surface area contributed by atoms with Crippen LogP contribution in [0.2, 0.25) is 0 Å². The molecular weight excluding hydrogens is 311 g/mol. The molecule has 0 atom stereocenters. The van der Waals surface area contributed by atoms with Gasteiger partial charge in [0.05, 0.1) is 10.6 Å². The van der Waals surface area contributed by atoms with Crippen LogP contribution >= 0.6 is 11.3 Å². The number of hydrogen-bond acceptors (Lipinski definition) is 4. The Morgan fingerprint density at radius 3 is 2.65 bits per heavy atom. The lowest BCUT2D eigenvalue weighted by atomic mass is 10.1. The third kappa shape index (κ3) is 2.47. The Morgan fingerprint density at radius 2 is 1.87 bits per heavy atom. The van der Waals surface area contributed by atoms with Crippen LogP contribution < -0.4 is 5.32 Å². The van der Waals surface area contributed by atoms with Gasteiger partial charge in [-0.05, 0) is 36.4 Å². The van der Waals surface area contributed by atoms with Gasteiger partial charge in [-0.25, -0.2) is 14.4 Å². The van der Waals surface area contributed by atoms with Gasteiger partial charge in [0.2, 0.25) is 0 Å². The molecule has 0 aliphatic heterocycles. The van der Waals surface area contributed by atoms with Gasteiger partial charge >= 0.3 is 0 Å². The molecule has 4 nitrogen and oxygen atoms in total. The molecule has 0 aliphatic carbocycles. The van der Waals surface area contributed by atoms with Gasteiger partial charge in [-0.3, -0.25) is 0 Å². The van der Waals surface area contributed by atoms with Crippen molar-refractivity contribution in [1.29, 1.82) is 0 Å². The second-order valence-corrected chi connectivity index (χ2v) is 6.06. The zero-order chi connectivity index (χ0) is 15.8. The summed E-state index contributed by atoms with van der Waals surface area (Å²) in [5.74, 6) is -0.251. The summed E-state index contributed by atoms with van der Waals surface area (Å²) >= 11 is 1.57. The molecule has 0 saturated carbocycles. The summed E-state index contributed by atoms with van der Waals surface area (Å²) in [7, 11) is 1.84. The lowest BCUT2D eigenvalue weighted by molar-refractivity contribution is 0.628. The van der Waals surface area contributed by atoms with Crippen LogP contribution in [0.1, 0.15) is 0 Å². The molecule has 23 heavy (non-hydrogen) atoms. The summed E-state index contributed by atoms with van der Waals surface area (Å²) in [5, 5.41) is 3.91. The number of hydrogen-bond donors (Lipinski definition) is 1. The molecule has 3 aromatic heterocycles. The predicted octanol–water partition coefficient (Wildman–Crippen LogP) is 4.31. The molecule has 0 amide bonds. The first-order valence-corrected chi connectivity index (χ1v) is 7.94. The minimum absolute atomic E-state index is 0.251. The SMILES string of the molecule is CNc1nc(-c2ccc(F)cc2)c(-c2ccc3nccn3c2)s1. The van der Waals surface area contributed by atoms with Crippen molar-refractivity contribution in [2.45, 2.75) is 0 Å². The summed E-state index contributed by atoms with van der Waals surface area (Å²) in [5.41, 5.74) is 3.69. The van der Waals surface area contributed by atoms with Crippen LogP contribution in [0.5, 0.6) is 0 Å². The summed E-state index contributed by atoms with van der Waals surface area (Å²) in [6.07, 6.45) is 5.71. The molecule has 0 radical (unpaired) electrons. The number of aromatic nitrogens is 3. The van der Waals surface area contributed by atoms with Crippen LogP contribution in [-0.2, 0) is 0 Å². The van der Waals surface area contributed by atoms with Crippen molar-refractivity contribution in [1.82, 2.24) is 14.4 Å². The smallest absolute Gasteiger partial charge is 0.183 e. The van der Waals surface area contributed by atoms with Crippen LogP contribution in [0.25, 0.3) is 27.3 Å². The van der Waals surface area contributed by atoms with Crippen molar-refractivity contribution in [2.75, 3.05) is 12.4 Å². The molecule has 114 valence electrons. The monoisotopic (exact) mass is 324 g/mol. The second kappa shape index (κ2) is 5.48. The summed E-state index contributed by atoms with van der Waals surface area (Å²) in [4.78, 5) is 9.93. The molecule has 0 fully saturated rings. The minimum atomic E-state index is -0.251. The van der Waals surface area contributed by atoms with E-state index in [1.807, 2.05) is 36.0 Å². The van der Waals surface area contributed by atoms with E-state index in [2.05, 4.69) is 15.3 Å². The highest BCUT2D eigenvalue weighted by Gasteiger charge is 2.15. The molecule has 0 unspecified atom stereocenters. The molecule has 0 bridgehead atoms. The van der Waals surface area contributed by atoms with Crippen molar-refractivity contribution >= 4 is 22.1 Å². The third-order valence-electron chi connectivity index (χ3n) is 3.61. The highest BCUT2D eigenvalue weighted by molar-refractivity contribution is 7.19. The van der Waals surface area contributed by atoms with Crippen LogP contribution in [0.15, 0.2) is 55.0 Å². The van der Waals surface area contributed by atoms with Crippen LogP contribution in [0.3, 0.4) is 0 Å². The van der Waals surface area contributed by atoms with E-state index >= 15 is 0 Å². The fraction of sp³-hybridized carbons (Fsp3) is 0.0588. The fourth-order valence-corrected chi connectivity index (χ4v) is 3.41. The average Bonchev–Trinajstić information content (AvgIpc) is 3.21. The molecule has 0 spiro atoms. The molecule has 3 heterocycles. The summed E-state index contributed by atoms with van der Waals surface area (Å²) in [6.45, 7) is 0. The molecule has 0 aliphatic rings. The number of imidazole rings is 1. The van der Waals surface area contributed by atoms with Gasteiger partial charge in [0.1, 0.15) is 11.5 Å². The Bertz CT molecular complexity index is 972. The van der Waals surface area contributed by atoms with Gasteiger partial charge in [0, 0.05) is 36.8 Å².